The molecule has 0 saturated carbocycles. The number of piperazine rings is 1. The van der Waals surface area contributed by atoms with Crippen molar-refractivity contribution < 1.29 is 14.4 Å². The topological polar surface area (TPSA) is 90.3 Å². The molecule has 0 spiro atoms. The molecule has 1 aliphatic heterocycles. The Kier molecular flexibility index (Phi) is 3.47. The lowest BCUT2D eigenvalue weighted by atomic mass is 9.85. The van der Waals surface area contributed by atoms with Crippen LogP contribution in [0.5, 0.6) is 0 Å². The van der Waals surface area contributed by atoms with Crippen LogP contribution in [0.4, 0.5) is 0 Å². The van der Waals surface area contributed by atoms with Crippen molar-refractivity contribution in [1.29, 1.82) is 5.26 Å². The fourth-order valence-electron chi connectivity index (χ4n) is 1.68. The number of imide groups is 1. The van der Waals surface area contributed by atoms with Gasteiger partial charge in [0.25, 0.3) is 5.91 Å². The molecular weight excluding hydrogens is 234 g/mol. The highest BCUT2D eigenvalue weighted by Gasteiger charge is 2.48. The third-order valence-corrected chi connectivity index (χ3v) is 3.46. The number of nitrogens with zero attached hydrogens (tertiary/aromatic N) is 2. The van der Waals surface area contributed by atoms with Crippen LogP contribution in [0.2, 0.25) is 0 Å². The summed E-state index contributed by atoms with van der Waals surface area (Å²) in [6.07, 6.45) is 0.324. The van der Waals surface area contributed by atoms with Gasteiger partial charge in [-0.1, -0.05) is 6.92 Å². The Morgan fingerprint density at radius 3 is 2.56 bits per heavy atom. The number of nitrogens with one attached hydrogen (secondary N) is 1. The Morgan fingerprint density at radius 1 is 1.56 bits per heavy atom. The first-order valence-electron chi connectivity index (χ1n) is 5.76. The van der Waals surface area contributed by atoms with Crippen LogP contribution >= 0.6 is 0 Å². The molecule has 0 aromatic carbocycles. The quantitative estimate of drug-likeness (QED) is 0.709. The molecule has 18 heavy (non-hydrogen) atoms. The summed E-state index contributed by atoms with van der Waals surface area (Å²) >= 11 is 0. The largest absolute Gasteiger partial charge is 0.318 e. The smallest absolute Gasteiger partial charge is 0.252 e. The normalized spacial score (nSPS) is 21.8. The van der Waals surface area contributed by atoms with Crippen LogP contribution < -0.4 is 5.32 Å². The summed E-state index contributed by atoms with van der Waals surface area (Å²) in [6, 6.07) is 1.96. The van der Waals surface area contributed by atoms with Crippen LogP contribution in [-0.2, 0) is 14.4 Å². The van der Waals surface area contributed by atoms with Crippen molar-refractivity contribution in [1.82, 2.24) is 10.2 Å². The summed E-state index contributed by atoms with van der Waals surface area (Å²) in [4.78, 5) is 36.6. The molecule has 6 heteroatoms. The number of nitriles is 1. The van der Waals surface area contributed by atoms with Gasteiger partial charge in [0.2, 0.25) is 11.8 Å². The van der Waals surface area contributed by atoms with Crippen LogP contribution in [0, 0.1) is 16.7 Å². The summed E-state index contributed by atoms with van der Waals surface area (Å²) in [5.74, 6) is -1.53. The number of rotatable bonds is 2. The fourth-order valence-corrected chi connectivity index (χ4v) is 1.68. The maximum absolute atomic E-state index is 12.4. The Balaban J connectivity index is 3.15. The van der Waals surface area contributed by atoms with E-state index in [0.29, 0.717) is 6.42 Å². The fraction of sp³-hybridized carbons (Fsp3) is 0.667. The summed E-state index contributed by atoms with van der Waals surface area (Å²) in [6.45, 7) is 6.15. The van der Waals surface area contributed by atoms with E-state index in [2.05, 4.69) is 5.32 Å². The number of carbonyl (C=O) groups excluding carboxylic acids is 3. The monoisotopic (exact) mass is 251 g/mol. The molecule has 1 fully saturated rings. The van der Waals surface area contributed by atoms with Gasteiger partial charge >= 0.3 is 0 Å². The Hall–Kier alpha value is -1.90. The molecule has 1 saturated heterocycles. The van der Waals surface area contributed by atoms with Gasteiger partial charge in [0.05, 0.1) is 6.07 Å². The predicted molar refractivity (Wildman–Crippen MR) is 63.0 cm³/mol. The van der Waals surface area contributed by atoms with Gasteiger partial charge in [-0.15, -0.1) is 0 Å². The van der Waals surface area contributed by atoms with Crippen molar-refractivity contribution in [3.8, 4) is 6.07 Å². The summed E-state index contributed by atoms with van der Waals surface area (Å²) in [5.41, 5.74) is -2.34. The van der Waals surface area contributed by atoms with Gasteiger partial charge in [0, 0.05) is 0 Å². The maximum atomic E-state index is 12.4. The first-order valence-corrected chi connectivity index (χ1v) is 5.76. The van der Waals surface area contributed by atoms with Gasteiger partial charge < -0.3 is 4.90 Å². The summed E-state index contributed by atoms with van der Waals surface area (Å²) in [7, 11) is 0. The van der Waals surface area contributed by atoms with Crippen LogP contribution in [0.15, 0.2) is 0 Å². The van der Waals surface area contributed by atoms with Gasteiger partial charge in [-0.3, -0.25) is 19.7 Å². The molecule has 98 valence electrons. The van der Waals surface area contributed by atoms with Gasteiger partial charge in [0.15, 0.2) is 0 Å². The van der Waals surface area contributed by atoms with Gasteiger partial charge in [-0.25, -0.2) is 0 Å². The zero-order chi connectivity index (χ0) is 14.1. The zero-order valence-electron chi connectivity index (χ0n) is 11.0. The molecule has 1 N–H and O–H groups in total. The highest BCUT2D eigenvalue weighted by atomic mass is 16.2. The molecular formula is C12H17N3O3. The van der Waals surface area contributed by atoms with Crippen molar-refractivity contribution >= 4 is 17.7 Å². The second kappa shape index (κ2) is 4.41. The molecule has 1 unspecified atom stereocenters. The lowest BCUT2D eigenvalue weighted by Gasteiger charge is -2.42. The molecule has 0 aromatic heterocycles. The van der Waals surface area contributed by atoms with Crippen LogP contribution in [0.1, 0.15) is 34.1 Å². The van der Waals surface area contributed by atoms with Crippen LogP contribution in [0.25, 0.3) is 0 Å². The Bertz CT molecular complexity index is 450. The lowest BCUT2D eigenvalue weighted by molar-refractivity contribution is -0.159. The SMILES string of the molecule is CCC(C)(C#N)C(=O)N1CC(=O)NC(=O)C1(C)C. The van der Waals surface area contributed by atoms with E-state index in [1.165, 1.54) is 11.8 Å². The zero-order valence-corrected chi connectivity index (χ0v) is 11.0. The third kappa shape index (κ3) is 2.08. The lowest BCUT2D eigenvalue weighted by Crippen LogP contribution is -2.67. The molecule has 1 atom stereocenters. The van der Waals surface area contributed by atoms with Gasteiger partial charge in [-0.2, -0.15) is 5.26 Å². The van der Waals surface area contributed by atoms with Crippen molar-refractivity contribution in [3.63, 3.8) is 0 Å². The molecule has 1 rings (SSSR count). The van der Waals surface area contributed by atoms with E-state index in [4.69, 9.17) is 5.26 Å². The Labute approximate surface area is 106 Å². The van der Waals surface area contributed by atoms with E-state index in [1.54, 1.807) is 20.8 Å². The summed E-state index contributed by atoms with van der Waals surface area (Å²) < 4.78 is 0. The first-order chi connectivity index (χ1) is 8.19. The minimum atomic E-state index is -1.21. The molecule has 1 aliphatic rings. The average Bonchev–Trinajstić information content (AvgIpc) is 2.32. The Morgan fingerprint density at radius 2 is 2.11 bits per heavy atom. The molecule has 3 amide bonds. The number of carbonyl (C=O) groups is 3. The molecule has 1 heterocycles. The minimum Gasteiger partial charge on any atom is -0.318 e. The maximum Gasteiger partial charge on any atom is 0.252 e. The van der Waals surface area contributed by atoms with Crippen molar-refractivity contribution in [3.05, 3.63) is 0 Å². The third-order valence-electron chi connectivity index (χ3n) is 3.46. The van der Waals surface area contributed by atoms with E-state index in [9.17, 15) is 14.4 Å². The van der Waals surface area contributed by atoms with Crippen LogP contribution in [0.3, 0.4) is 0 Å². The standard InChI is InChI=1S/C12H17N3O3/c1-5-12(4,7-13)10(18)15-6-8(16)14-9(17)11(15,2)3/h5-6H2,1-4H3,(H,14,16,17). The molecule has 0 aliphatic carbocycles. The van der Waals surface area contributed by atoms with Crippen LogP contribution in [-0.4, -0.2) is 34.7 Å². The second-order valence-corrected chi connectivity index (χ2v) is 5.13. The van der Waals surface area contributed by atoms with Crippen molar-refractivity contribution in [2.45, 2.75) is 39.7 Å². The summed E-state index contributed by atoms with van der Waals surface area (Å²) in [5, 5.41) is 11.3. The predicted octanol–water partition coefficient (Wildman–Crippen LogP) is 0.190. The second-order valence-electron chi connectivity index (χ2n) is 5.13. The average molecular weight is 251 g/mol. The van der Waals surface area contributed by atoms with Gasteiger partial charge in [-0.05, 0) is 27.2 Å². The van der Waals surface area contributed by atoms with E-state index in [0.717, 1.165) is 0 Å². The van der Waals surface area contributed by atoms with Gasteiger partial charge in [0.1, 0.15) is 17.5 Å². The molecule has 6 nitrogen and oxygen atoms in total. The van der Waals surface area contributed by atoms with E-state index >= 15 is 0 Å². The molecule has 0 radical (unpaired) electrons. The first kappa shape index (κ1) is 14.2. The van der Waals surface area contributed by atoms with E-state index < -0.39 is 28.7 Å². The number of hydrogen-bond acceptors (Lipinski definition) is 4. The van der Waals surface area contributed by atoms with Crippen molar-refractivity contribution in [2.24, 2.45) is 5.41 Å². The number of amides is 3. The number of hydrogen-bond donors (Lipinski definition) is 1. The molecule has 0 aromatic rings. The highest BCUT2D eigenvalue weighted by Crippen LogP contribution is 2.28. The van der Waals surface area contributed by atoms with E-state index in [-0.39, 0.29) is 6.54 Å². The van der Waals surface area contributed by atoms with E-state index in [1.807, 2.05) is 6.07 Å². The molecule has 0 bridgehead atoms. The minimum absolute atomic E-state index is 0.200. The van der Waals surface area contributed by atoms with Crippen molar-refractivity contribution in [2.75, 3.05) is 6.54 Å². The highest BCUT2D eigenvalue weighted by molar-refractivity contribution is 6.07.